The van der Waals surface area contributed by atoms with E-state index in [1.165, 1.54) is 6.92 Å². The molecule has 0 aromatic rings. The summed E-state index contributed by atoms with van der Waals surface area (Å²) in [5.74, 6) is 0.0659. The molecule has 0 rings (SSSR count). The molecule has 0 aromatic carbocycles. The summed E-state index contributed by atoms with van der Waals surface area (Å²) in [6, 6.07) is 0. The largest absolute Gasteiger partial charge is 0.235 e. The third kappa shape index (κ3) is 2.32. The van der Waals surface area contributed by atoms with Crippen molar-refractivity contribution in [2.24, 2.45) is 0 Å². The highest BCUT2D eigenvalue weighted by Crippen LogP contribution is 1.99. The van der Waals surface area contributed by atoms with Gasteiger partial charge in [-0.15, -0.1) is 0 Å². The van der Waals surface area contributed by atoms with Crippen LogP contribution in [0.25, 0.3) is 0 Å². The van der Waals surface area contributed by atoms with Crippen LogP contribution >= 0.6 is 0 Å². The minimum Gasteiger partial charge on any atom is -0.235 e. The lowest BCUT2D eigenvalue weighted by Crippen LogP contribution is -2.22. The number of hydrogen-bond donors (Lipinski definition) is 0. The summed E-state index contributed by atoms with van der Waals surface area (Å²) < 4.78 is 21.5. The van der Waals surface area contributed by atoms with Crippen molar-refractivity contribution in [3.63, 3.8) is 0 Å². The van der Waals surface area contributed by atoms with Crippen molar-refractivity contribution in [1.29, 1.82) is 0 Å². The number of sulfone groups is 1. The van der Waals surface area contributed by atoms with Gasteiger partial charge in [0.15, 0.2) is 9.84 Å². The van der Waals surface area contributed by atoms with Gasteiger partial charge in [-0.2, -0.15) is 0 Å². The zero-order valence-electron chi connectivity index (χ0n) is 5.62. The molecule has 0 fully saturated rings. The second-order valence-electron chi connectivity index (χ2n) is 1.93. The van der Waals surface area contributed by atoms with Crippen molar-refractivity contribution in [1.82, 2.24) is 0 Å². The van der Waals surface area contributed by atoms with Gasteiger partial charge in [0.2, 0.25) is 0 Å². The van der Waals surface area contributed by atoms with Gasteiger partial charge in [0.1, 0.15) is 0 Å². The molecule has 0 N–H and O–H groups in total. The second kappa shape index (κ2) is 3.17. The molecule has 1 atom stereocenters. The van der Waals surface area contributed by atoms with Gasteiger partial charge in [0.25, 0.3) is 0 Å². The van der Waals surface area contributed by atoms with E-state index in [1.807, 2.05) is 0 Å². The van der Waals surface area contributed by atoms with Gasteiger partial charge < -0.3 is 0 Å². The van der Waals surface area contributed by atoms with Crippen LogP contribution in [0.15, 0.2) is 0 Å². The van der Waals surface area contributed by atoms with E-state index in [4.69, 9.17) is 0 Å². The predicted molar refractivity (Wildman–Crippen MR) is 34.5 cm³/mol. The zero-order chi connectivity index (χ0) is 7.49. The fourth-order valence-electron chi connectivity index (χ4n) is 0.388. The quantitative estimate of drug-likeness (QED) is 0.580. The smallest absolute Gasteiger partial charge is 0.155 e. The van der Waals surface area contributed by atoms with Crippen LogP contribution in [0, 0.1) is 0 Å². The molecule has 0 aliphatic heterocycles. The number of hydrogen-bond acceptors (Lipinski definition) is 2. The van der Waals surface area contributed by atoms with Gasteiger partial charge in [0, 0.05) is 5.75 Å². The molecule has 3 nitrogen and oxygen atoms in total. The predicted octanol–water partition coefficient (Wildman–Crippen LogP) is 0.240. The van der Waals surface area contributed by atoms with Gasteiger partial charge in [-0.1, -0.05) is 6.92 Å². The first kappa shape index (κ1) is 8.91. The minimum atomic E-state index is -3.06. The van der Waals surface area contributed by atoms with Crippen LogP contribution in [0.2, 0.25) is 0 Å². The van der Waals surface area contributed by atoms with Gasteiger partial charge in [-0.05, 0) is 6.92 Å². The van der Waals surface area contributed by atoms with Crippen LogP contribution in [-0.2, 0) is 14.9 Å². The van der Waals surface area contributed by atoms with Crippen LogP contribution in [0.4, 0.5) is 0 Å². The lowest BCUT2D eigenvalue weighted by molar-refractivity contribution is 0.195. The van der Waals surface area contributed by atoms with E-state index >= 15 is 0 Å². The third-order valence-electron chi connectivity index (χ3n) is 1.25. The van der Waals surface area contributed by atoms with E-state index in [9.17, 15) is 13.5 Å². The van der Waals surface area contributed by atoms with Crippen LogP contribution in [0.3, 0.4) is 0 Å². The highest BCUT2D eigenvalue weighted by atomic mass is 32.2. The summed E-state index contributed by atoms with van der Waals surface area (Å²) in [7, 11) is -3.06. The molecular formula is C5H11O3S. The fourth-order valence-corrected chi connectivity index (χ4v) is 1.16. The van der Waals surface area contributed by atoms with E-state index < -0.39 is 21.7 Å². The average Bonchev–Trinajstić information content (AvgIpc) is 1.86. The Labute approximate surface area is 55.6 Å². The Morgan fingerprint density at radius 3 is 2.00 bits per heavy atom. The maximum atomic E-state index is 10.7. The molecule has 0 saturated carbocycles. The Hall–Kier alpha value is -0.0900. The Morgan fingerprint density at radius 1 is 1.44 bits per heavy atom. The molecule has 0 amide bonds. The van der Waals surface area contributed by atoms with E-state index in [-0.39, 0.29) is 5.75 Å². The van der Waals surface area contributed by atoms with Crippen molar-refractivity contribution in [2.45, 2.75) is 19.1 Å². The molecule has 0 aliphatic rings. The van der Waals surface area contributed by atoms with Gasteiger partial charge in [-0.3, -0.25) is 0 Å². The zero-order valence-corrected chi connectivity index (χ0v) is 6.44. The molecule has 0 bridgehead atoms. The highest BCUT2D eigenvalue weighted by molar-refractivity contribution is 7.91. The van der Waals surface area contributed by atoms with Crippen LogP contribution < -0.4 is 0 Å². The van der Waals surface area contributed by atoms with E-state index in [1.54, 1.807) is 6.92 Å². The number of rotatable bonds is 3. The molecule has 0 aliphatic carbocycles. The Bertz CT molecular complexity index is 159. The fraction of sp³-hybridized carbons (Fsp3) is 1.00. The molecule has 0 saturated heterocycles. The molecule has 0 aromatic heterocycles. The maximum Gasteiger partial charge on any atom is 0.155 e. The van der Waals surface area contributed by atoms with E-state index in [0.29, 0.717) is 0 Å². The lowest BCUT2D eigenvalue weighted by Gasteiger charge is -2.04. The second-order valence-corrected chi connectivity index (χ2v) is 4.64. The van der Waals surface area contributed by atoms with Gasteiger partial charge in [0.05, 0.1) is 11.9 Å². The van der Waals surface area contributed by atoms with Crippen LogP contribution in [-0.4, -0.2) is 26.0 Å². The molecule has 0 spiro atoms. The summed E-state index contributed by atoms with van der Waals surface area (Å²) in [6.07, 6.45) is 0. The molecule has 1 radical (unpaired) electrons. The summed E-state index contributed by atoms with van der Waals surface area (Å²) in [4.78, 5) is 0. The molecule has 0 heterocycles. The highest BCUT2D eigenvalue weighted by Gasteiger charge is 2.16. The first-order valence-electron chi connectivity index (χ1n) is 2.84. The van der Waals surface area contributed by atoms with Crippen molar-refractivity contribution < 1.29 is 13.5 Å². The SMILES string of the molecule is CCS(=O)(=O)C(C)C[O]. The van der Waals surface area contributed by atoms with E-state index in [0.717, 1.165) is 0 Å². The van der Waals surface area contributed by atoms with Crippen LogP contribution in [0.1, 0.15) is 13.8 Å². The topological polar surface area (TPSA) is 54.0 Å². The van der Waals surface area contributed by atoms with E-state index in [2.05, 4.69) is 0 Å². The molecular weight excluding hydrogens is 140 g/mol. The first-order valence-corrected chi connectivity index (χ1v) is 4.55. The Morgan fingerprint density at radius 2 is 1.89 bits per heavy atom. The van der Waals surface area contributed by atoms with Gasteiger partial charge in [-0.25, -0.2) is 13.5 Å². The standard InChI is InChI=1S/C5H11O3S/c1-3-9(7,8)5(2)4-6/h5H,3-4H2,1-2H3. The summed E-state index contributed by atoms with van der Waals surface area (Å²) in [6.45, 7) is 2.45. The first-order chi connectivity index (χ1) is 4.04. The minimum absolute atomic E-state index is 0.0659. The summed E-state index contributed by atoms with van der Waals surface area (Å²) >= 11 is 0. The monoisotopic (exact) mass is 151 g/mol. The third-order valence-corrected chi connectivity index (χ3v) is 3.42. The van der Waals surface area contributed by atoms with Crippen molar-refractivity contribution >= 4 is 9.84 Å². The molecule has 9 heavy (non-hydrogen) atoms. The van der Waals surface area contributed by atoms with Crippen molar-refractivity contribution in [2.75, 3.05) is 12.4 Å². The Balaban J connectivity index is 4.17. The average molecular weight is 151 g/mol. The Kier molecular flexibility index (Phi) is 3.14. The summed E-state index contributed by atoms with van der Waals surface area (Å²) in [5, 5.41) is 9.34. The molecule has 4 heteroatoms. The molecule has 1 unspecified atom stereocenters. The van der Waals surface area contributed by atoms with Gasteiger partial charge >= 0.3 is 0 Å². The lowest BCUT2D eigenvalue weighted by atomic mass is 10.5. The maximum absolute atomic E-state index is 10.7. The van der Waals surface area contributed by atoms with Crippen LogP contribution in [0.5, 0.6) is 0 Å². The molecule has 55 valence electrons. The van der Waals surface area contributed by atoms with Crippen molar-refractivity contribution in [3.8, 4) is 0 Å². The normalized spacial score (nSPS) is 15.4. The van der Waals surface area contributed by atoms with Crippen molar-refractivity contribution in [3.05, 3.63) is 0 Å². The summed E-state index contributed by atoms with van der Waals surface area (Å²) in [5.41, 5.74) is 0.